The molecule has 0 radical (unpaired) electrons. The fourth-order valence-electron chi connectivity index (χ4n) is 4.98. The van der Waals surface area contributed by atoms with Gasteiger partial charge in [-0.25, -0.2) is 4.79 Å². The van der Waals surface area contributed by atoms with Gasteiger partial charge in [-0.3, -0.25) is 29.9 Å². The number of carbonyl (C=O) groups is 3. The molecular formula is C20H26N5O5+. The van der Waals surface area contributed by atoms with E-state index >= 15 is 0 Å². The number of barbiturate groups is 1. The molecule has 160 valence electrons. The molecule has 4 rings (SSSR count). The molecule has 4 amide bonds. The average Bonchev–Trinajstić information content (AvgIpc) is 2.64. The van der Waals surface area contributed by atoms with Gasteiger partial charge in [-0.1, -0.05) is 0 Å². The molecule has 3 atom stereocenters. The van der Waals surface area contributed by atoms with Gasteiger partial charge in [0.2, 0.25) is 11.8 Å². The lowest BCUT2D eigenvalue weighted by Crippen LogP contribution is -3.14. The zero-order valence-electron chi connectivity index (χ0n) is 17.5. The number of rotatable bonds is 1. The monoisotopic (exact) mass is 416 g/mol. The number of nitro groups is 1. The molecule has 3 aliphatic heterocycles. The lowest BCUT2D eigenvalue weighted by atomic mass is 9.67. The number of benzene rings is 1. The molecule has 0 saturated carbocycles. The molecule has 1 spiro atoms. The van der Waals surface area contributed by atoms with Gasteiger partial charge < -0.3 is 9.80 Å². The van der Waals surface area contributed by atoms with E-state index in [2.05, 4.69) is 5.32 Å². The smallest absolute Gasteiger partial charge is 0.331 e. The highest BCUT2D eigenvalue weighted by Gasteiger charge is 2.64. The van der Waals surface area contributed by atoms with E-state index in [1.165, 1.54) is 17.0 Å². The second-order valence-electron chi connectivity index (χ2n) is 9.41. The molecule has 0 bridgehead atoms. The van der Waals surface area contributed by atoms with Crippen LogP contribution in [0.2, 0.25) is 0 Å². The molecule has 30 heavy (non-hydrogen) atoms. The Balaban J connectivity index is 1.91. The summed E-state index contributed by atoms with van der Waals surface area (Å²) in [6, 6.07) is 3.41. The van der Waals surface area contributed by atoms with E-state index in [9.17, 15) is 24.5 Å². The van der Waals surface area contributed by atoms with Crippen LogP contribution in [0.5, 0.6) is 0 Å². The molecule has 2 N–H and O–H groups in total. The van der Waals surface area contributed by atoms with Crippen LogP contribution in [-0.2, 0) is 16.0 Å². The van der Waals surface area contributed by atoms with E-state index in [4.69, 9.17) is 0 Å². The third-order valence-corrected chi connectivity index (χ3v) is 6.40. The van der Waals surface area contributed by atoms with Crippen LogP contribution in [0.25, 0.3) is 0 Å². The minimum atomic E-state index is -1.52. The lowest BCUT2D eigenvalue weighted by molar-refractivity contribution is -0.883. The van der Waals surface area contributed by atoms with Gasteiger partial charge in [-0.2, -0.15) is 0 Å². The van der Waals surface area contributed by atoms with Crippen LogP contribution in [0.4, 0.5) is 16.2 Å². The Bertz CT molecular complexity index is 971. The summed E-state index contributed by atoms with van der Waals surface area (Å²) in [6.07, 6.45) is 0.0169. The van der Waals surface area contributed by atoms with Gasteiger partial charge in [0, 0.05) is 29.8 Å². The van der Waals surface area contributed by atoms with Crippen molar-refractivity contribution in [3.8, 4) is 0 Å². The number of nitro benzene ring substituents is 1. The second-order valence-corrected chi connectivity index (χ2v) is 9.41. The Kier molecular flexibility index (Phi) is 4.39. The van der Waals surface area contributed by atoms with Crippen LogP contribution in [0, 0.1) is 15.5 Å². The number of quaternary nitrogens is 1. The van der Waals surface area contributed by atoms with Gasteiger partial charge in [0.05, 0.1) is 31.6 Å². The third kappa shape index (κ3) is 2.78. The first-order chi connectivity index (χ1) is 14.0. The van der Waals surface area contributed by atoms with Crippen molar-refractivity contribution in [2.75, 3.05) is 31.6 Å². The molecule has 2 fully saturated rings. The summed E-state index contributed by atoms with van der Waals surface area (Å²) in [5.41, 5.74) is -1.05. The maximum Gasteiger partial charge on any atom is 0.331 e. The first-order valence-electron chi connectivity index (χ1n) is 10.0. The zero-order chi connectivity index (χ0) is 22.0. The lowest BCUT2D eigenvalue weighted by Gasteiger charge is -2.54. The number of urea groups is 1. The van der Waals surface area contributed by atoms with Gasteiger partial charge in [0.25, 0.3) is 5.69 Å². The number of hydrogen-bond donors (Lipinski definition) is 2. The summed E-state index contributed by atoms with van der Waals surface area (Å²) in [4.78, 5) is 54.9. The van der Waals surface area contributed by atoms with Gasteiger partial charge in [0.1, 0.15) is 6.04 Å². The number of non-ortho nitro benzene ring substituents is 1. The van der Waals surface area contributed by atoms with Crippen molar-refractivity contribution in [2.24, 2.45) is 5.41 Å². The van der Waals surface area contributed by atoms with Gasteiger partial charge in [-0.15, -0.1) is 0 Å². The van der Waals surface area contributed by atoms with E-state index < -0.39 is 39.8 Å². The van der Waals surface area contributed by atoms with Crippen molar-refractivity contribution < 1.29 is 24.2 Å². The van der Waals surface area contributed by atoms with Gasteiger partial charge >= 0.3 is 6.03 Å². The number of amides is 4. The van der Waals surface area contributed by atoms with E-state index in [1.54, 1.807) is 26.8 Å². The second kappa shape index (κ2) is 6.49. The van der Waals surface area contributed by atoms with Crippen LogP contribution in [0.15, 0.2) is 18.2 Å². The number of nitrogens with one attached hydrogen (secondary N) is 2. The molecule has 3 aliphatic rings. The predicted molar refractivity (Wildman–Crippen MR) is 107 cm³/mol. The first-order valence-corrected chi connectivity index (χ1v) is 10.0. The van der Waals surface area contributed by atoms with Crippen LogP contribution >= 0.6 is 0 Å². The number of anilines is 1. The highest BCUT2D eigenvalue weighted by Crippen LogP contribution is 2.46. The number of likely N-dealkylation sites (N-methyl/N-ethyl adjacent to an activating group) is 1. The van der Waals surface area contributed by atoms with Crippen LogP contribution in [0.3, 0.4) is 0 Å². The Morgan fingerprint density at radius 1 is 1.27 bits per heavy atom. The molecular weight excluding hydrogens is 390 g/mol. The molecule has 1 aromatic rings. The molecule has 10 nitrogen and oxygen atoms in total. The summed E-state index contributed by atoms with van der Waals surface area (Å²) in [7, 11) is 2.01. The Hall–Kier alpha value is -3.01. The topological polar surface area (TPSA) is 117 Å². The Morgan fingerprint density at radius 3 is 2.60 bits per heavy atom. The average molecular weight is 416 g/mol. The van der Waals surface area contributed by atoms with Crippen LogP contribution < -0.4 is 15.1 Å². The highest BCUT2D eigenvalue weighted by atomic mass is 16.6. The van der Waals surface area contributed by atoms with Crippen molar-refractivity contribution in [3.63, 3.8) is 0 Å². The maximum atomic E-state index is 13.8. The molecule has 1 unspecified atom stereocenters. The SMILES string of the molecule is C[NH+]1CCN2c3ccc([N+](=O)[O-])cc3C[C@]3(C(=O)NC(=O)N(C(C)(C)C)C3=O)[C@H]2C1. The summed E-state index contributed by atoms with van der Waals surface area (Å²) in [5.74, 6) is -1.16. The van der Waals surface area contributed by atoms with Crippen molar-refractivity contribution in [1.29, 1.82) is 0 Å². The van der Waals surface area contributed by atoms with Crippen molar-refractivity contribution in [1.82, 2.24) is 10.2 Å². The molecule has 10 heteroatoms. The minimum absolute atomic E-state index is 0.0169. The Labute approximate surface area is 173 Å². The number of piperazine rings is 1. The molecule has 2 saturated heterocycles. The first kappa shape index (κ1) is 20.3. The van der Waals surface area contributed by atoms with Crippen LogP contribution in [-0.4, -0.2) is 65.9 Å². The standard InChI is InChI=1S/C20H25N5O5/c1-19(2,3)24-17(27)20(16(26)21-18(24)28)10-12-9-13(25(29)30)5-6-14(12)23-8-7-22(4)11-15(20)23/h5-6,9,15H,7-8,10-11H2,1-4H3,(H,21,26,28)/p+1/t15-,20-/m1/s1. The zero-order valence-corrected chi connectivity index (χ0v) is 17.5. The quantitative estimate of drug-likeness (QED) is 0.369. The van der Waals surface area contributed by atoms with Crippen molar-refractivity contribution in [3.05, 3.63) is 33.9 Å². The van der Waals surface area contributed by atoms with E-state index in [0.717, 1.165) is 17.1 Å². The number of carbonyl (C=O) groups excluding carboxylic acids is 3. The molecule has 0 aromatic heterocycles. The number of hydrogen-bond acceptors (Lipinski definition) is 6. The number of imide groups is 2. The maximum absolute atomic E-state index is 13.8. The number of nitrogens with zero attached hydrogens (tertiary/aromatic N) is 3. The fraction of sp³-hybridized carbons (Fsp3) is 0.550. The fourth-order valence-corrected chi connectivity index (χ4v) is 4.98. The highest BCUT2D eigenvalue weighted by molar-refractivity contribution is 6.20. The van der Waals surface area contributed by atoms with Gasteiger partial charge in [0.15, 0.2) is 5.41 Å². The predicted octanol–water partition coefficient (Wildman–Crippen LogP) is -0.282. The minimum Gasteiger partial charge on any atom is -0.355 e. The number of fused-ring (bicyclic) bond motifs is 4. The summed E-state index contributed by atoms with van der Waals surface area (Å²) >= 11 is 0. The Morgan fingerprint density at radius 2 is 1.97 bits per heavy atom. The van der Waals surface area contributed by atoms with Crippen LogP contribution in [0.1, 0.15) is 26.3 Å². The van der Waals surface area contributed by atoms with Crippen molar-refractivity contribution >= 4 is 29.2 Å². The third-order valence-electron chi connectivity index (χ3n) is 6.40. The summed E-state index contributed by atoms with van der Waals surface area (Å²) in [6.45, 7) is 7.18. The molecule has 1 aromatic carbocycles. The summed E-state index contributed by atoms with van der Waals surface area (Å²) in [5, 5.41) is 13.7. The molecule has 0 aliphatic carbocycles. The van der Waals surface area contributed by atoms with Gasteiger partial charge in [-0.05, 0) is 32.4 Å². The van der Waals surface area contributed by atoms with Crippen molar-refractivity contribution in [2.45, 2.75) is 38.8 Å². The van der Waals surface area contributed by atoms with E-state index in [-0.39, 0.29) is 12.1 Å². The normalized spacial score (nSPS) is 28.9. The summed E-state index contributed by atoms with van der Waals surface area (Å²) < 4.78 is 0. The molecule has 3 heterocycles. The van der Waals surface area contributed by atoms with E-state index in [1.807, 2.05) is 11.9 Å². The van der Waals surface area contributed by atoms with E-state index in [0.29, 0.717) is 18.7 Å². The largest absolute Gasteiger partial charge is 0.355 e.